The van der Waals surface area contributed by atoms with Gasteiger partial charge in [-0.3, -0.25) is 20.2 Å². The SMILES string of the molecule is CCC(C)c1ccc(-c2csc(NC(=O)c3ccc([N+](=O)[O-])c(C)c3)n2)cc1. The monoisotopic (exact) mass is 395 g/mol. The third-order valence-corrected chi connectivity index (χ3v) is 5.53. The lowest BCUT2D eigenvalue weighted by molar-refractivity contribution is -0.385. The van der Waals surface area contributed by atoms with Crippen molar-refractivity contribution in [1.82, 2.24) is 4.98 Å². The smallest absolute Gasteiger partial charge is 0.272 e. The molecule has 1 unspecified atom stereocenters. The highest BCUT2D eigenvalue weighted by atomic mass is 32.1. The molecular formula is C21H21N3O3S. The quantitative estimate of drug-likeness (QED) is 0.423. The molecule has 0 fully saturated rings. The zero-order valence-corrected chi connectivity index (χ0v) is 16.7. The first-order valence-electron chi connectivity index (χ1n) is 9.01. The summed E-state index contributed by atoms with van der Waals surface area (Å²) >= 11 is 1.34. The number of nitro groups is 1. The Morgan fingerprint density at radius 3 is 2.57 bits per heavy atom. The van der Waals surface area contributed by atoms with Crippen molar-refractivity contribution < 1.29 is 9.72 Å². The number of benzene rings is 2. The molecule has 2 aromatic carbocycles. The summed E-state index contributed by atoms with van der Waals surface area (Å²) in [6, 6.07) is 12.6. The first-order valence-corrected chi connectivity index (χ1v) is 9.89. The summed E-state index contributed by atoms with van der Waals surface area (Å²) in [5.74, 6) is 0.176. The number of aryl methyl sites for hydroxylation is 1. The van der Waals surface area contributed by atoms with Crippen LogP contribution >= 0.6 is 11.3 Å². The van der Waals surface area contributed by atoms with Crippen LogP contribution in [-0.4, -0.2) is 15.8 Å². The van der Waals surface area contributed by atoms with E-state index >= 15 is 0 Å². The lowest BCUT2D eigenvalue weighted by atomic mass is 9.97. The van der Waals surface area contributed by atoms with Crippen molar-refractivity contribution in [2.45, 2.75) is 33.1 Å². The van der Waals surface area contributed by atoms with E-state index in [1.54, 1.807) is 6.92 Å². The van der Waals surface area contributed by atoms with E-state index < -0.39 is 4.92 Å². The molecule has 0 radical (unpaired) electrons. The van der Waals surface area contributed by atoms with Crippen LogP contribution in [0.5, 0.6) is 0 Å². The normalized spacial score (nSPS) is 11.8. The van der Waals surface area contributed by atoms with E-state index in [1.165, 1.54) is 35.1 Å². The lowest BCUT2D eigenvalue weighted by Gasteiger charge is -2.08. The Morgan fingerprint density at radius 2 is 1.96 bits per heavy atom. The van der Waals surface area contributed by atoms with Crippen molar-refractivity contribution in [3.05, 3.63) is 74.6 Å². The maximum absolute atomic E-state index is 12.4. The Balaban J connectivity index is 1.73. The molecule has 3 aromatic rings. The average molecular weight is 395 g/mol. The molecule has 28 heavy (non-hydrogen) atoms. The number of thiazole rings is 1. The van der Waals surface area contributed by atoms with E-state index in [0.29, 0.717) is 22.2 Å². The predicted molar refractivity (Wildman–Crippen MR) is 112 cm³/mol. The fourth-order valence-electron chi connectivity index (χ4n) is 2.85. The van der Waals surface area contributed by atoms with Gasteiger partial charge in [-0.05, 0) is 37.0 Å². The number of nitrogens with zero attached hydrogens (tertiary/aromatic N) is 2. The Hall–Kier alpha value is -3.06. The number of aromatic nitrogens is 1. The molecule has 1 aromatic heterocycles. The predicted octanol–water partition coefficient (Wildman–Crippen LogP) is 5.79. The van der Waals surface area contributed by atoms with Crippen LogP contribution in [0.15, 0.2) is 47.8 Å². The van der Waals surface area contributed by atoms with Crippen molar-refractivity contribution in [3.63, 3.8) is 0 Å². The summed E-state index contributed by atoms with van der Waals surface area (Å²) in [5, 5.41) is 16.1. The first kappa shape index (κ1) is 19.7. The highest BCUT2D eigenvalue weighted by Gasteiger charge is 2.15. The molecule has 1 heterocycles. The molecule has 6 nitrogen and oxygen atoms in total. The second-order valence-electron chi connectivity index (χ2n) is 6.68. The molecular weight excluding hydrogens is 374 g/mol. The van der Waals surface area contributed by atoms with Gasteiger partial charge in [0.25, 0.3) is 11.6 Å². The molecule has 0 aliphatic rings. The van der Waals surface area contributed by atoms with Gasteiger partial charge in [0, 0.05) is 28.1 Å². The number of anilines is 1. The summed E-state index contributed by atoms with van der Waals surface area (Å²) in [4.78, 5) is 27.4. The van der Waals surface area contributed by atoms with Crippen LogP contribution in [0.3, 0.4) is 0 Å². The molecule has 0 saturated heterocycles. The van der Waals surface area contributed by atoms with E-state index in [0.717, 1.165) is 17.7 Å². The zero-order valence-electron chi connectivity index (χ0n) is 15.9. The highest BCUT2D eigenvalue weighted by molar-refractivity contribution is 7.14. The summed E-state index contributed by atoms with van der Waals surface area (Å²) in [5.41, 5.74) is 3.89. The average Bonchev–Trinajstić information content (AvgIpc) is 3.15. The van der Waals surface area contributed by atoms with Crippen LogP contribution in [0.1, 0.15) is 47.7 Å². The van der Waals surface area contributed by atoms with Crippen LogP contribution in [0.25, 0.3) is 11.3 Å². The molecule has 0 aliphatic carbocycles. The number of carbonyl (C=O) groups is 1. The number of hydrogen-bond donors (Lipinski definition) is 1. The topological polar surface area (TPSA) is 85.1 Å². The summed E-state index contributed by atoms with van der Waals surface area (Å²) < 4.78 is 0. The number of carbonyl (C=O) groups excluding carboxylic acids is 1. The Labute approximate surface area is 167 Å². The van der Waals surface area contributed by atoms with Gasteiger partial charge in [0.15, 0.2) is 5.13 Å². The van der Waals surface area contributed by atoms with Gasteiger partial charge in [-0.2, -0.15) is 0 Å². The fraction of sp³-hybridized carbons (Fsp3) is 0.238. The minimum absolute atomic E-state index is 0.00563. The minimum atomic E-state index is -0.462. The van der Waals surface area contributed by atoms with Crippen LogP contribution in [-0.2, 0) is 0 Å². The molecule has 1 N–H and O–H groups in total. The second kappa shape index (κ2) is 8.31. The van der Waals surface area contributed by atoms with E-state index in [4.69, 9.17) is 0 Å². The Kier molecular flexibility index (Phi) is 5.84. The van der Waals surface area contributed by atoms with Crippen molar-refractivity contribution in [2.24, 2.45) is 0 Å². The van der Waals surface area contributed by atoms with Gasteiger partial charge >= 0.3 is 0 Å². The summed E-state index contributed by atoms with van der Waals surface area (Å²) in [6.45, 7) is 5.98. The third-order valence-electron chi connectivity index (χ3n) is 4.77. The molecule has 3 rings (SSSR count). The fourth-order valence-corrected chi connectivity index (χ4v) is 3.57. The van der Waals surface area contributed by atoms with Gasteiger partial charge in [0.05, 0.1) is 10.6 Å². The molecule has 7 heteroatoms. The van der Waals surface area contributed by atoms with Gasteiger partial charge in [0.2, 0.25) is 0 Å². The summed E-state index contributed by atoms with van der Waals surface area (Å²) in [6.07, 6.45) is 1.09. The molecule has 0 spiro atoms. The van der Waals surface area contributed by atoms with Crippen LogP contribution in [0.2, 0.25) is 0 Å². The minimum Gasteiger partial charge on any atom is -0.298 e. The molecule has 0 aliphatic heterocycles. The lowest BCUT2D eigenvalue weighted by Crippen LogP contribution is -2.12. The van der Waals surface area contributed by atoms with Crippen molar-refractivity contribution in [2.75, 3.05) is 5.32 Å². The van der Waals surface area contributed by atoms with E-state index in [1.807, 2.05) is 17.5 Å². The van der Waals surface area contributed by atoms with Crippen molar-refractivity contribution in [3.8, 4) is 11.3 Å². The van der Waals surface area contributed by atoms with Crippen molar-refractivity contribution in [1.29, 1.82) is 0 Å². The van der Waals surface area contributed by atoms with Crippen molar-refractivity contribution >= 4 is 28.1 Å². The highest BCUT2D eigenvalue weighted by Crippen LogP contribution is 2.28. The number of nitrogens with one attached hydrogen (secondary N) is 1. The van der Waals surface area contributed by atoms with Gasteiger partial charge in [-0.25, -0.2) is 4.98 Å². The number of amides is 1. The van der Waals surface area contributed by atoms with Gasteiger partial charge in [-0.1, -0.05) is 38.1 Å². The van der Waals surface area contributed by atoms with E-state index in [-0.39, 0.29) is 11.6 Å². The number of rotatable bonds is 6. The van der Waals surface area contributed by atoms with Crippen LogP contribution in [0, 0.1) is 17.0 Å². The molecule has 0 saturated carbocycles. The Bertz CT molecular complexity index is 1010. The first-order chi connectivity index (χ1) is 13.4. The van der Waals surface area contributed by atoms with Gasteiger partial charge in [-0.15, -0.1) is 11.3 Å². The molecule has 1 amide bonds. The van der Waals surface area contributed by atoms with Gasteiger partial charge in [0.1, 0.15) is 0 Å². The third kappa shape index (κ3) is 4.26. The summed E-state index contributed by atoms with van der Waals surface area (Å²) in [7, 11) is 0. The molecule has 144 valence electrons. The second-order valence-corrected chi connectivity index (χ2v) is 7.54. The molecule has 1 atom stereocenters. The Morgan fingerprint density at radius 1 is 1.25 bits per heavy atom. The maximum atomic E-state index is 12.4. The maximum Gasteiger partial charge on any atom is 0.272 e. The zero-order chi connectivity index (χ0) is 20.3. The molecule has 0 bridgehead atoms. The van der Waals surface area contributed by atoms with E-state index in [2.05, 4.69) is 36.3 Å². The number of hydrogen-bond acceptors (Lipinski definition) is 5. The standard InChI is InChI=1S/C21H21N3O3S/c1-4-13(2)15-5-7-16(8-6-15)18-12-28-21(22-18)23-20(25)17-9-10-19(24(26)27)14(3)11-17/h5-13H,4H2,1-3H3,(H,22,23,25). The van der Waals surface area contributed by atoms with Gasteiger partial charge < -0.3 is 0 Å². The largest absolute Gasteiger partial charge is 0.298 e. The van der Waals surface area contributed by atoms with E-state index in [9.17, 15) is 14.9 Å². The van der Waals surface area contributed by atoms with Crippen LogP contribution < -0.4 is 5.32 Å². The number of nitro benzene ring substituents is 1. The van der Waals surface area contributed by atoms with Crippen LogP contribution in [0.4, 0.5) is 10.8 Å².